The molecule has 136 valence electrons. The molecule has 0 aliphatic heterocycles. The van der Waals surface area contributed by atoms with Gasteiger partial charge in [0.05, 0.1) is 13.5 Å². The molecule has 6 heteroatoms. The van der Waals surface area contributed by atoms with Crippen molar-refractivity contribution in [1.29, 1.82) is 0 Å². The quantitative estimate of drug-likeness (QED) is 0.593. The molecule has 2 N–H and O–H groups in total. The Morgan fingerprint density at radius 3 is 2.50 bits per heavy atom. The van der Waals surface area contributed by atoms with Crippen molar-refractivity contribution >= 4 is 17.5 Å². The molecule has 0 bridgehead atoms. The van der Waals surface area contributed by atoms with E-state index in [1.807, 2.05) is 43.3 Å². The molecule has 0 unspecified atom stereocenters. The minimum atomic E-state index is -0.299. The minimum Gasteiger partial charge on any atom is -0.497 e. The van der Waals surface area contributed by atoms with Gasteiger partial charge in [0.25, 0.3) is 5.91 Å². The fraction of sp³-hybridized carbons (Fsp3) is 0.250. The number of rotatable bonds is 7. The number of carbonyl (C=O) groups excluding carboxylic acids is 2. The van der Waals surface area contributed by atoms with Gasteiger partial charge in [-0.05, 0) is 43.7 Å². The zero-order chi connectivity index (χ0) is 18.9. The van der Waals surface area contributed by atoms with Crippen LogP contribution in [-0.4, -0.2) is 24.6 Å². The van der Waals surface area contributed by atoms with Gasteiger partial charge in [-0.25, -0.2) is 5.43 Å². The van der Waals surface area contributed by atoms with Crippen molar-refractivity contribution in [3.63, 3.8) is 0 Å². The fourth-order valence-corrected chi connectivity index (χ4v) is 2.28. The second kappa shape index (κ2) is 9.36. The SMILES string of the molecule is COc1ccc(CNC(=O)CC(C)=NNC(=O)c2cccc(C)c2)cc1. The second-order valence-corrected chi connectivity index (χ2v) is 5.96. The number of hydrogen-bond donors (Lipinski definition) is 2. The van der Waals surface area contributed by atoms with Crippen LogP contribution < -0.4 is 15.5 Å². The highest BCUT2D eigenvalue weighted by Crippen LogP contribution is 2.11. The molecule has 0 aliphatic carbocycles. The topological polar surface area (TPSA) is 79.8 Å². The molecule has 0 heterocycles. The van der Waals surface area contributed by atoms with Gasteiger partial charge in [0.15, 0.2) is 0 Å². The Morgan fingerprint density at radius 2 is 1.85 bits per heavy atom. The number of ether oxygens (including phenoxy) is 1. The fourth-order valence-electron chi connectivity index (χ4n) is 2.28. The summed E-state index contributed by atoms with van der Waals surface area (Å²) in [5, 5.41) is 6.81. The number of benzene rings is 2. The molecule has 0 atom stereocenters. The van der Waals surface area contributed by atoms with Crippen molar-refractivity contribution < 1.29 is 14.3 Å². The van der Waals surface area contributed by atoms with Gasteiger partial charge >= 0.3 is 0 Å². The molecule has 0 radical (unpaired) electrons. The van der Waals surface area contributed by atoms with Gasteiger partial charge in [0.1, 0.15) is 5.75 Å². The zero-order valence-electron chi connectivity index (χ0n) is 15.2. The summed E-state index contributed by atoms with van der Waals surface area (Å²) >= 11 is 0. The Morgan fingerprint density at radius 1 is 1.12 bits per heavy atom. The van der Waals surface area contributed by atoms with Gasteiger partial charge in [-0.3, -0.25) is 9.59 Å². The standard InChI is InChI=1S/C20H23N3O3/c1-14-5-4-6-17(11-14)20(25)23-22-15(2)12-19(24)21-13-16-7-9-18(26-3)10-8-16/h4-11H,12-13H2,1-3H3,(H,21,24)(H,23,25). The lowest BCUT2D eigenvalue weighted by atomic mass is 10.1. The van der Waals surface area contributed by atoms with Gasteiger partial charge < -0.3 is 10.1 Å². The van der Waals surface area contributed by atoms with E-state index in [-0.39, 0.29) is 18.2 Å². The zero-order valence-corrected chi connectivity index (χ0v) is 15.2. The Kier molecular flexibility index (Phi) is 6.91. The first-order valence-electron chi connectivity index (χ1n) is 8.27. The lowest BCUT2D eigenvalue weighted by molar-refractivity contribution is -0.120. The van der Waals surface area contributed by atoms with Crippen LogP contribution in [0.5, 0.6) is 5.75 Å². The number of nitrogens with one attached hydrogen (secondary N) is 2. The van der Waals surface area contributed by atoms with Crippen molar-refractivity contribution in [3.05, 3.63) is 65.2 Å². The molecule has 0 saturated heterocycles. The maximum absolute atomic E-state index is 12.0. The van der Waals surface area contributed by atoms with Crippen molar-refractivity contribution in [2.45, 2.75) is 26.8 Å². The molecular formula is C20H23N3O3. The van der Waals surface area contributed by atoms with Gasteiger partial charge in [0.2, 0.25) is 5.91 Å². The van der Waals surface area contributed by atoms with E-state index in [1.165, 1.54) is 0 Å². The van der Waals surface area contributed by atoms with Crippen LogP contribution in [0.15, 0.2) is 53.6 Å². The van der Waals surface area contributed by atoms with Crippen LogP contribution in [0.25, 0.3) is 0 Å². The maximum Gasteiger partial charge on any atom is 0.271 e. The van der Waals surface area contributed by atoms with E-state index in [1.54, 1.807) is 26.2 Å². The predicted octanol–water partition coefficient (Wildman–Crippen LogP) is 2.82. The van der Waals surface area contributed by atoms with E-state index in [0.717, 1.165) is 16.9 Å². The average molecular weight is 353 g/mol. The molecule has 2 amide bonds. The Hall–Kier alpha value is -3.15. The molecule has 0 fully saturated rings. The summed E-state index contributed by atoms with van der Waals surface area (Å²) in [4.78, 5) is 24.0. The first-order valence-corrected chi connectivity index (χ1v) is 8.27. The van der Waals surface area contributed by atoms with Crippen LogP contribution in [0.2, 0.25) is 0 Å². The molecule has 6 nitrogen and oxygen atoms in total. The van der Waals surface area contributed by atoms with E-state index < -0.39 is 0 Å². The van der Waals surface area contributed by atoms with Crippen molar-refractivity contribution in [2.75, 3.05) is 7.11 Å². The Bertz CT molecular complexity index is 798. The molecular weight excluding hydrogens is 330 g/mol. The summed E-state index contributed by atoms with van der Waals surface area (Å²) in [5.41, 5.74) is 5.50. The number of methoxy groups -OCH3 is 1. The van der Waals surface area contributed by atoms with Crippen molar-refractivity contribution in [2.24, 2.45) is 5.10 Å². The van der Waals surface area contributed by atoms with Crippen LogP contribution in [0.3, 0.4) is 0 Å². The number of carbonyl (C=O) groups is 2. The van der Waals surface area contributed by atoms with Crippen LogP contribution in [0, 0.1) is 6.92 Å². The third-order valence-corrected chi connectivity index (χ3v) is 3.69. The molecule has 2 rings (SSSR count). The molecule has 26 heavy (non-hydrogen) atoms. The third kappa shape index (κ3) is 6.05. The molecule has 2 aromatic rings. The Labute approximate surface area is 153 Å². The highest BCUT2D eigenvalue weighted by atomic mass is 16.5. The summed E-state index contributed by atoms with van der Waals surface area (Å²) in [6, 6.07) is 14.7. The van der Waals surface area contributed by atoms with E-state index in [9.17, 15) is 9.59 Å². The predicted molar refractivity (Wildman–Crippen MR) is 101 cm³/mol. The smallest absolute Gasteiger partial charge is 0.271 e. The summed E-state index contributed by atoms with van der Waals surface area (Å²) in [6.07, 6.45) is 0.115. The highest BCUT2D eigenvalue weighted by molar-refractivity contribution is 6.01. The molecule has 0 aromatic heterocycles. The van der Waals surface area contributed by atoms with E-state index in [0.29, 0.717) is 17.8 Å². The molecule has 2 aromatic carbocycles. The molecule has 0 aliphatic rings. The van der Waals surface area contributed by atoms with Gasteiger partial charge in [0, 0.05) is 17.8 Å². The van der Waals surface area contributed by atoms with E-state index in [4.69, 9.17) is 4.74 Å². The van der Waals surface area contributed by atoms with E-state index in [2.05, 4.69) is 15.8 Å². The monoisotopic (exact) mass is 353 g/mol. The first kappa shape index (κ1) is 19.2. The highest BCUT2D eigenvalue weighted by Gasteiger charge is 2.07. The van der Waals surface area contributed by atoms with Crippen LogP contribution >= 0.6 is 0 Å². The normalized spacial score (nSPS) is 11.0. The first-order chi connectivity index (χ1) is 12.5. The largest absolute Gasteiger partial charge is 0.497 e. The van der Waals surface area contributed by atoms with Gasteiger partial charge in [-0.15, -0.1) is 0 Å². The van der Waals surface area contributed by atoms with Crippen LogP contribution in [0.4, 0.5) is 0 Å². The lowest BCUT2D eigenvalue weighted by Crippen LogP contribution is -2.26. The number of hydrogen-bond acceptors (Lipinski definition) is 4. The number of amides is 2. The van der Waals surface area contributed by atoms with Gasteiger partial charge in [-0.2, -0.15) is 5.10 Å². The summed E-state index contributed by atoms with van der Waals surface area (Å²) < 4.78 is 5.09. The molecule has 0 saturated carbocycles. The van der Waals surface area contributed by atoms with Crippen LogP contribution in [-0.2, 0) is 11.3 Å². The third-order valence-electron chi connectivity index (χ3n) is 3.69. The van der Waals surface area contributed by atoms with Crippen molar-refractivity contribution in [3.8, 4) is 5.75 Å². The summed E-state index contributed by atoms with van der Waals surface area (Å²) in [7, 11) is 1.61. The van der Waals surface area contributed by atoms with Crippen LogP contribution in [0.1, 0.15) is 34.8 Å². The minimum absolute atomic E-state index is 0.115. The maximum atomic E-state index is 12.0. The van der Waals surface area contributed by atoms with E-state index >= 15 is 0 Å². The van der Waals surface area contributed by atoms with Crippen molar-refractivity contribution in [1.82, 2.24) is 10.7 Å². The molecule has 0 spiro atoms. The second-order valence-electron chi connectivity index (χ2n) is 5.96. The van der Waals surface area contributed by atoms with Gasteiger partial charge in [-0.1, -0.05) is 29.8 Å². The summed E-state index contributed by atoms with van der Waals surface area (Å²) in [6.45, 7) is 4.04. The lowest BCUT2D eigenvalue weighted by Gasteiger charge is -2.07. The Balaban J connectivity index is 1.80. The number of hydrazone groups is 1. The number of aryl methyl sites for hydroxylation is 1. The average Bonchev–Trinajstić information content (AvgIpc) is 2.65. The summed E-state index contributed by atoms with van der Waals surface area (Å²) in [5.74, 6) is 0.311. The number of nitrogens with zero attached hydrogens (tertiary/aromatic N) is 1.